The molecule has 2 aliphatic rings. The Morgan fingerprint density at radius 2 is 1.60 bits per heavy atom. The van der Waals surface area contributed by atoms with Gasteiger partial charge < -0.3 is 20.5 Å². The van der Waals surface area contributed by atoms with E-state index in [2.05, 4.69) is 34.9 Å². The number of benzene rings is 2. The molecule has 0 saturated heterocycles. The summed E-state index contributed by atoms with van der Waals surface area (Å²) in [7, 11) is 0. The topological polar surface area (TPSA) is 105 Å². The minimum Gasteiger partial charge on any atom is -0.480 e. The van der Waals surface area contributed by atoms with Crippen LogP contribution in [0.25, 0.3) is 11.1 Å². The summed E-state index contributed by atoms with van der Waals surface area (Å²) in [6, 6.07) is 15.9. The van der Waals surface area contributed by atoms with Gasteiger partial charge in [-0.1, -0.05) is 81.1 Å². The highest BCUT2D eigenvalue weighted by atomic mass is 16.5. The van der Waals surface area contributed by atoms with Crippen LogP contribution in [0.4, 0.5) is 4.79 Å². The van der Waals surface area contributed by atoms with Gasteiger partial charge in [-0.15, -0.1) is 0 Å². The molecule has 0 aliphatic heterocycles. The van der Waals surface area contributed by atoms with Crippen molar-refractivity contribution in [2.45, 2.75) is 75.8 Å². The second kappa shape index (κ2) is 10.9. The number of carbonyl (C=O) groups is 3. The summed E-state index contributed by atoms with van der Waals surface area (Å²) in [4.78, 5) is 37.3. The number of nitrogens with one attached hydrogen (secondary N) is 2. The number of hydrogen-bond acceptors (Lipinski definition) is 4. The van der Waals surface area contributed by atoms with E-state index in [4.69, 9.17) is 4.74 Å². The summed E-state index contributed by atoms with van der Waals surface area (Å²) < 4.78 is 5.63. The first kappa shape index (κ1) is 24.8. The number of ether oxygens (including phenoxy) is 1. The third-order valence-corrected chi connectivity index (χ3v) is 7.23. The van der Waals surface area contributed by atoms with E-state index in [0.717, 1.165) is 47.9 Å². The zero-order valence-electron chi connectivity index (χ0n) is 20.2. The Morgan fingerprint density at radius 3 is 2.17 bits per heavy atom. The number of amides is 2. The predicted molar refractivity (Wildman–Crippen MR) is 133 cm³/mol. The van der Waals surface area contributed by atoms with Crippen LogP contribution in [0.5, 0.6) is 0 Å². The summed E-state index contributed by atoms with van der Waals surface area (Å²) >= 11 is 0. The summed E-state index contributed by atoms with van der Waals surface area (Å²) in [6.07, 6.45) is 4.23. The maximum absolute atomic E-state index is 12.8. The quantitative estimate of drug-likeness (QED) is 0.471. The first-order valence-electron chi connectivity index (χ1n) is 12.6. The number of fused-ring (bicyclic) bond motifs is 3. The van der Waals surface area contributed by atoms with E-state index in [1.54, 1.807) is 0 Å². The fourth-order valence-corrected chi connectivity index (χ4v) is 5.47. The molecule has 2 amide bonds. The molecule has 0 bridgehead atoms. The average molecular weight is 479 g/mol. The Bertz CT molecular complexity index is 1030. The molecule has 7 nitrogen and oxygen atoms in total. The lowest BCUT2D eigenvalue weighted by Crippen LogP contribution is -2.56. The lowest BCUT2D eigenvalue weighted by Gasteiger charge is -2.34. The van der Waals surface area contributed by atoms with Gasteiger partial charge in [0.1, 0.15) is 12.1 Å². The highest BCUT2D eigenvalue weighted by Crippen LogP contribution is 2.44. The molecule has 0 radical (unpaired) electrons. The van der Waals surface area contributed by atoms with Gasteiger partial charge in [-0.05, 0) is 41.5 Å². The second-order valence-electron chi connectivity index (χ2n) is 9.66. The van der Waals surface area contributed by atoms with Gasteiger partial charge in [0.05, 0.1) is 0 Å². The standard InChI is InChI=1S/C28H34N2O5/c1-2-10-19(17-25(31)30-28(26(32)33)15-8-3-9-16-28)29-27(34)35-18-24-22-13-6-4-11-20(22)21-12-5-7-14-23(21)24/h4-7,11-14,19,24H,2-3,8-10,15-18H2,1H3,(H,29,34)(H,30,31)(H,32,33)/t19-/m0/s1. The van der Waals surface area contributed by atoms with Gasteiger partial charge >= 0.3 is 12.1 Å². The highest BCUT2D eigenvalue weighted by molar-refractivity contribution is 5.87. The third-order valence-electron chi connectivity index (χ3n) is 7.23. The van der Waals surface area contributed by atoms with Crippen LogP contribution in [0.3, 0.4) is 0 Å². The molecule has 7 heteroatoms. The predicted octanol–water partition coefficient (Wildman–Crippen LogP) is 4.99. The molecule has 0 aromatic heterocycles. The number of aliphatic carboxylic acids is 1. The van der Waals surface area contributed by atoms with Crippen LogP contribution < -0.4 is 10.6 Å². The van der Waals surface area contributed by atoms with E-state index < -0.39 is 23.6 Å². The molecule has 2 aromatic carbocycles. The molecule has 1 fully saturated rings. The van der Waals surface area contributed by atoms with Crippen LogP contribution in [0.1, 0.15) is 75.3 Å². The minimum absolute atomic E-state index is 0.0209. The van der Waals surface area contributed by atoms with Crippen molar-refractivity contribution in [1.29, 1.82) is 0 Å². The molecule has 2 aliphatic carbocycles. The highest BCUT2D eigenvalue weighted by Gasteiger charge is 2.41. The number of carboxylic acid groups (broad SMARTS) is 1. The van der Waals surface area contributed by atoms with E-state index in [9.17, 15) is 19.5 Å². The SMILES string of the molecule is CCC[C@@H](CC(=O)NC1(C(=O)O)CCCCC1)NC(=O)OCC1c2ccccc2-c2ccccc21. The van der Waals surface area contributed by atoms with Crippen molar-refractivity contribution in [2.75, 3.05) is 6.61 Å². The molecule has 3 N–H and O–H groups in total. The van der Waals surface area contributed by atoms with Crippen molar-refractivity contribution in [3.05, 3.63) is 59.7 Å². The zero-order valence-corrected chi connectivity index (χ0v) is 20.2. The maximum Gasteiger partial charge on any atom is 0.407 e. The van der Waals surface area contributed by atoms with Crippen molar-refractivity contribution in [3.8, 4) is 11.1 Å². The van der Waals surface area contributed by atoms with Crippen LogP contribution in [0.15, 0.2) is 48.5 Å². The number of carboxylic acids is 1. The molecule has 0 unspecified atom stereocenters. The maximum atomic E-state index is 12.8. The Labute approximate surface area is 206 Å². The van der Waals surface area contributed by atoms with Crippen molar-refractivity contribution < 1.29 is 24.2 Å². The molecular formula is C28H34N2O5. The Kier molecular flexibility index (Phi) is 7.73. The van der Waals surface area contributed by atoms with Gasteiger partial charge in [0.15, 0.2) is 0 Å². The smallest absolute Gasteiger partial charge is 0.407 e. The van der Waals surface area contributed by atoms with Crippen LogP contribution in [-0.4, -0.2) is 41.3 Å². The second-order valence-corrected chi connectivity index (χ2v) is 9.66. The van der Waals surface area contributed by atoms with Crippen molar-refractivity contribution in [2.24, 2.45) is 0 Å². The van der Waals surface area contributed by atoms with Gasteiger partial charge in [0.25, 0.3) is 0 Å². The lowest BCUT2D eigenvalue weighted by atomic mass is 9.81. The number of hydrogen-bond donors (Lipinski definition) is 3. The van der Waals surface area contributed by atoms with E-state index in [1.807, 2.05) is 31.2 Å². The van der Waals surface area contributed by atoms with Gasteiger partial charge in [-0.25, -0.2) is 9.59 Å². The molecular weight excluding hydrogens is 444 g/mol. The fraction of sp³-hybridized carbons (Fsp3) is 0.464. The molecule has 0 spiro atoms. The Hall–Kier alpha value is -3.35. The molecule has 1 saturated carbocycles. The Balaban J connectivity index is 1.35. The number of rotatable bonds is 9. The van der Waals surface area contributed by atoms with E-state index in [-0.39, 0.29) is 24.9 Å². The molecule has 4 rings (SSSR count). The zero-order chi connectivity index (χ0) is 24.8. The Morgan fingerprint density at radius 1 is 1.00 bits per heavy atom. The van der Waals surface area contributed by atoms with Crippen molar-refractivity contribution >= 4 is 18.0 Å². The average Bonchev–Trinajstić information content (AvgIpc) is 3.17. The van der Waals surface area contributed by atoms with Gasteiger partial charge in [0.2, 0.25) is 5.91 Å². The molecule has 35 heavy (non-hydrogen) atoms. The normalized spacial score (nSPS) is 17.1. The monoisotopic (exact) mass is 478 g/mol. The summed E-state index contributed by atoms with van der Waals surface area (Å²) in [6.45, 7) is 2.18. The fourth-order valence-electron chi connectivity index (χ4n) is 5.47. The summed E-state index contributed by atoms with van der Waals surface area (Å²) in [5, 5.41) is 15.3. The number of carbonyl (C=O) groups excluding carboxylic acids is 2. The van der Waals surface area contributed by atoms with Crippen molar-refractivity contribution in [3.63, 3.8) is 0 Å². The van der Waals surface area contributed by atoms with Gasteiger partial charge in [0, 0.05) is 18.4 Å². The minimum atomic E-state index is -1.20. The molecule has 1 atom stereocenters. The molecule has 2 aromatic rings. The molecule has 186 valence electrons. The van der Waals surface area contributed by atoms with Crippen LogP contribution >= 0.6 is 0 Å². The molecule has 0 heterocycles. The van der Waals surface area contributed by atoms with E-state index >= 15 is 0 Å². The van der Waals surface area contributed by atoms with Crippen molar-refractivity contribution in [1.82, 2.24) is 10.6 Å². The lowest BCUT2D eigenvalue weighted by molar-refractivity contribution is -0.149. The third kappa shape index (κ3) is 5.50. The van der Waals surface area contributed by atoms with Crippen LogP contribution in [-0.2, 0) is 14.3 Å². The first-order chi connectivity index (χ1) is 16.9. The largest absolute Gasteiger partial charge is 0.480 e. The van der Waals surface area contributed by atoms with Crippen LogP contribution in [0.2, 0.25) is 0 Å². The van der Waals surface area contributed by atoms with E-state index in [0.29, 0.717) is 19.3 Å². The first-order valence-corrected chi connectivity index (χ1v) is 12.6. The van der Waals surface area contributed by atoms with E-state index in [1.165, 1.54) is 0 Å². The summed E-state index contributed by atoms with van der Waals surface area (Å²) in [5.74, 6) is -1.38. The number of alkyl carbamates (subject to hydrolysis) is 1. The van der Waals surface area contributed by atoms with Gasteiger partial charge in [-0.3, -0.25) is 4.79 Å². The summed E-state index contributed by atoms with van der Waals surface area (Å²) in [5.41, 5.74) is 3.39. The van der Waals surface area contributed by atoms with Gasteiger partial charge in [-0.2, -0.15) is 0 Å². The van der Waals surface area contributed by atoms with Crippen LogP contribution in [0, 0.1) is 0 Å².